The van der Waals surface area contributed by atoms with Crippen molar-refractivity contribution < 1.29 is 8.78 Å². The molecule has 5 heteroatoms. The SMILES string of the molecule is CCc1cc(=O)[nH]c(Cc2ccc(F)cc2F)n1. The van der Waals surface area contributed by atoms with Crippen LogP contribution in [0.5, 0.6) is 0 Å². The van der Waals surface area contributed by atoms with Gasteiger partial charge in [-0.15, -0.1) is 0 Å². The van der Waals surface area contributed by atoms with Crippen molar-refractivity contribution in [1.29, 1.82) is 0 Å². The molecular weight excluding hydrogens is 238 g/mol. The van der Waals surface area contributed by atoms with Gasteiger partial charge in [0, 0.05) is 24.2 Å². The lowest BCUT2D eigenvalue weighted by Crippen LogP contribution is -2.13. The lowest BCUT2D eigenvalue weighted by Gasteiger charge is -2.04. The van der Waals surface area contributed by atoms with Crippen LogP contribution < -0.4 is 5.56 Å². The van der Waals surface area contributed by atoms with Gasteiger partial charge in [0.1, 0.15) is 17.5 Å². The van der Waals surface area contributed by atoms with Crippen molar-refractivity contribution in [3.63, 3.8) is 0 Å². The zero-order valence-corrected chi connectivity index (χ0v) is 9.84. The molecule has 0 bridgehead atoms. The van der Waals surface area contributed by atoms with Crippen LogP contribution in [0, 0.1) is 11.6 Å². The average molecular weight is 250 g/mol. The van der Waals surface area contributed by atoms with Gasteiger partial charge in [-0.25, -0.2) is 13.8 Å². The average Bonchev–Trinajstić information content (AvgIpc) is 2.32. The summed E-state index contributed by atoms with van der Waals surface area (Å²) in [6.07, 6.45) is 0.762. The normalized spacial score (nSPS) is 10.6. The van der Waals surface area contributed by atoms with E-state index in [1.54, 1.807) is 0 Å². The van der Waals surface area contributed by atoms with E-state index >= 15 is 0 Å². The second-order valence-electron chi connectivity index (χ2n) is 3.95. The first kappa shape index (κ1) is 12.4. The van der Waals surface area contributed by atoms with Crippen LogP contribution in [0.4, 0.5) is 8.78 Å². The molecule has 1 aromatic carbocycles. The summed E-state index contributed by atoms with van der Waals surface area (Å²) in [5.74, 6) is -0.885. The molecule has 18 heavy (non-hydrogen) atoms. The Kier molecular flexibility index (Phi) is 3.50. The van der Waals surface area contributed by atoms with Crippen molar-refractivity contribution in [1.82, 2.24) is 9.97 Å². The second kappa shape index (κ2) is 5.08. The molecule has 0 spiro atoms. The van der Waals surface area contributed by atoms with Crippen molar-refractivity contribution in [2.75, 3.05) is 0 Å². The Morgan fingerprint density at radius 1 is 1.28 bits per heavy atom. The maximum Gasteiger partial charge on any atom is 0.251 e. The summed E-state index contributed by atoms with van der Waals surface area (Å²) < 4.78 is 26.2. The van der Waals surface area contributed by atoms with Gasteiger partial charge in [-0.2, -0.15) is 0 Å². The molecule has 0 saturated heterocycles. The predicted molar refractivity (Wildman–Crippen MR) is 63.4 cm³/mol. The Hall–Kier alpha value is -2.04. The number of hydrogen-bond donors (Lipinski definition) is 1. The zero-order valence-electron chi connectivity index (χ0n) is 9.84. The summed E-state index contributed by atoms with van der Waals surface area (Å²) in [4.78, 5) is 18.1. The highest BCUT2D eigenvalue weighted by atomic mass is 19.1. The molecule has 1 heterocycles. The first-order valence-corrected chi connectivity index (χ1v) is 5.61. The van der Waals surface area contributed by atoms with Crippen LogP contribution in [0.2, 0.25) is 0 Å². The summed E-state index contributed by atoms with van der Waals surface area (Å²) in [7, 11) is 0. The van der Waals surface area contributed by atoms with Crippen molar-refractivity contribution in [3.8, 4) is 0 Å². The number of aryl methyl sites for hydroxylation is 1. The molecule has 0 fully saturated rings. The fourth-order valence-electron chi connectivity index (χ4n) is 1.67. The third kappa shape index (κ3) is 2.80. The van der Waals surface area contributed by atoms with Crippen molar-refractivity contribution >= 4 is 0 Å². The number of hydrogen-bond acceptors (Lipinski definition) is 2. The highest BCUT2D eigenvalue weighted by molar-refractivity contribution is 5.22. The minimum Gasteiger partial charge on any atom is -0.310 e. The van der Waals surface area contributed by atoms with Crippen LogP contribution in [0.3, 0.4) is 0 Å². The molecule has 0 aliphatic carbocycles. The second-order valence-corrected chi connectivity index (χ2v) is 3.95. The smallest absolute Gasteiger partial charge is 0.251 e. The van der Waals surface area contributed by atoms with Gasteiger partial charge in [0.05, 0.1) is 0 Å². The molecule has 0 amide bonds. The van der Waals surface area contributed by atoms with E-state index in [1.807, 2.05) is 6.92 Å². The number of nitrogens with one attached hydrogen (secondary N) is 1. The molecular formula is C13H12F2N2O. The van der Waals surface area contributed by atoms with E-state index in [2.05, 4.69) is 9.97 Å². The van der Waals surface area contributed by atoms with Gasteiger partial charge in [0.2, 0.25) is 0 Å². The fraction of sp³-hybridized carbons (Fsp3) is 0.231. The third-order valence-corrected chi connectivity index (χ3v) is 2.58. The van der Waals surface area contributed by atoms with Gasteiger partial charge >= 0.3 is 0 Å². The molecule has 0 saturated carbocycles. The molecule has 1 aromatic heterocycles. The van der Waals surface area contributed by atoms with E-state index in [0.29, 0.717) is 23.5 Å². The highest BCUT2D eigenvalue weighted by Gasteiger charge is 2.07. The molecule has 94 valence electrons. The number of halogens is 2. The fourth-order valence-corrected chi connectivity index (χ4v) is 1.67. The van der Waals surface area contributed by atoms with Crippen LogP contribution in [0.15, 0.2) is 29.1 Å². The van der Waals surface area contributed by atoms with E-state index in [1.165, 1.54) is 18.2 Å². The quantitative estimate of drug-likeness (QED) is 0.907. The van der Waals surface area contributed by atoms with E-state index < -0.39 is 11.6 Å². The predicted octanol–water partition coefficient (Wildman–Crippen LogP) is 2.20. The van der Waals surface area contributed by atoms with Gasteiger partial charge in [-0.05, 0) is 18.1 Å². The topological polar surface area (TPSA) is 45.8 Å². The van der Waals surface area contributed by atoms with Crippen LogP contribution in [0.25, 0.3) is 0 Å². The Labute approximate surface area is 103 Å². The molecule has 2 aromatic rings. The molecule has 2 rings (SSSR count). The maximum atomic E-state index is 13.5. The number of benzene rings is 1. The third-order valence-electron chi connectivity index (χ3n) is 2.58. The Morgan fingerprint density at radius 3 is 2.72 bits per heavy atom. The van der Waals surface area contributed by atoms with E-state index in [-0.39, 0.29) is 12.0 Å². The first-order valence-electron chi connectivity index (χ1n) is 5.61. The summed E-state index contributed by atoms with van der Waals surface area (Å²) in [6, 6.07) is 4.76. The number of nitrogens with zero attached hydrogens (tertiary/aromatic N) is 1. The maximum absolute atomic E-state index is 13.5. The summed E-state index contributed by atoms with van der Waals surface area (Å²) in [5.41, 5.74) is 0.684. The number of H-pyrrole nitrogens is 1. The zero-order chi connectivity index (χ0) is 13.1. The molecule has 0 unspecified atom stereocenters. The van der Waals surface area contributed by atoms with E-state index in [4.69, 9.17) is 0 Å². The van der Waals surface area contributed by atoms with Crippen LogP contribution in [0.1, 0.15) is 24.0 Å². The van der Waals surface area contributed by atoms with Crippen LogP contribution in [-0.2, 0) is 12.8 Å². The molecule has 0 radical (unpaired) electrons. The summed E-state index contributed by atoms with van der Waals surface area (Å²) in [5, 5.41) is 0. The van der Waals surface area contributed by atoms with Crippen LogP contribution in [-0.4, -0.2) is 9.97 Å². The molecule has 1 N–H and O–H groups in total. The molecule has 0 atom stereocenters. The Morgan fingerprint density at radius 2 is 2.06 bits per heavy atom. The molecule has 0 aliphatic rings. The first-order chi connectivity index (χ1) is 8.58. The molecule has 0 aliphatic heterocycles. The van der Waals surface area contributed by atoms with Crippen molar-refractivity contribution in [2.24, 2.45) is 0 Å². The van der Waals surface area contributed by atoms with Crippen molar-refractivity contribution in [2.45, 2.75) is 19.8 Å². The Bertz CT molecular complexity index is 623. The van der Waals surface area contributed by atoms with E-state index in [9.17, 15) is 13.6 Å². The van der Waals surface area contributed by atoms with Gasteiger partial charge in [-0.3, -0.25) is 4.79 Å². The Balaban J connectivity index is 2.33. The molecule has 3 nitrogen and oxygen atoms in total. The largest absolute Gasteiger partial charge is 0.310 e. The van der Waals surface area contributed by atoms with Crippen molar-refractivity contribution in [3.05, 3.63) is 63.3 Å². The minimum atomic E-state index is -0.639. The number of rotatable bonds is 3. The highest BCUT2D eigenvalue weighted by Crippen LogP contribution is 2.12. The van der Waals surface area contributed by atoms with Gasteiger partial charge in [0.15, 0.2) is 0 Å². The minimum absolute atomic E-state index is 0.134. The van der Waals surface area contributed by atoms with Gasteiger partial charge < -0.3 is 4.98 Å². The monoisotopic (exact) mass is 250 g/mol. The van der Waals surface area contributed by atoms with Crippen LogP contribution >= 0.6 is 0 Å². The van der Waals surface area contributed by atoms with Gasteiger partial charge in [0.25, 0.3) is 5.56 Å². The van der Waals surface area contributed by atoms with E-state index in [0.717, 1.165) is 6.07 Å². The summed E-state index contributed by atoms with van der Waals surface area (Å²) >= 11 is 0. The lowest BCUT2D eigenvalue weighted by molar-refractivity contribution is 0.573. The summed E-state index contributed by atoms with van der Waals surface area (Å²) in [6.45, 7) is 1.88. The lowest BCUT2D eigenvalue weighted by atomic mass is 10.1. The number of aromatic amines is 1. The number of aromatic nitrogens is 2. The standard InChI is InChI=1S/C13H12F2N2O/c1-2-10-7-13(18)17-12(16-10)5-8-3-4-9(14)6-11(8)15/h3-4,6-7H,2,5H2,1H3,(H,16,17,18). The van der Waals surface area contributed by atoms with Gasteiger partial charge in [-0.1, -0.05) is 13.0 Å².